The summed E-state index contributed by atoms with van der Waals surface area (Å²) in [7, 11) is 1.25. The second kappa shape index (κ2) is 10.9. The Labute approximate surface area is 202 Å². The van der Waals surface area contributed by atoms with E-state index in [0.717, 1.165) is 23.6 Å². The third-order valence-electron chi connectivity index (χ3n) is 4.73. The number of hydrogen-bond donors (Lipinski definition) is 2. The van der Waals surface area contributed by atoms with Crippen LogP contribution in [0, 0.1) is 0 Å². The molecule has 188 valence electrons. The molecule has 1 aromatic heterocycles. The summed E-state index contributed by atoms with van der Waals surface area (Å²) in [5.74, 6) is -2.84. The van der Waals surface area contributed by atoms with E-state index in [1.807, 2.05) is 0 Å². The van der Waals surface area contributed by atoms with Gasteiger partial charge in [-0.2, -0.15) is 0 Å². The number of furan rings is 1. The van der Waals surface area contributed by atoms with Crippen LogP contribution in [-0.2, 0) is 38.2 Å². The molecule has 35 heavy (non-hydrogen) atoms. The number of amides is 3. The summed E-state index contributed by atoms with van der Waals surface area (Å²) < 4.78 is 19.9. The van der Waals surface area contributed by atoms with Crippen LogP contribution in [0.1, 0.15) is 19.6 Å². The topological polar surface area (TPSA) is 189 Å². The second-order valence-corrected chi connectivity index (χ2v) is 8.13. The van der Waals surface area contributed by atoms with Crippen LogP contribution in [0.25, 0.3) is 0 Å². The van der Waals surface area contributed by atoms with Gasteiger partial charge >= 0.3 is 18.0 Å². The number of thioether (sulfide) groups is 1. The normalized spacial score (nSPS) is 22.1. The van der Waals surface area contributed by atoms with Crippen molar-refractivity contribution in [1.82, 2.24) is 10.2 Å². The molecule has 3 heterocycles. The average Bonchev–Trinajstić information content (AvgIpc) is 3.32. The van der Waals surface area contributed by atoms with Crippen LogP contribution in [-0.4, -0.2) is 77.9 Å². The quantitative estimate of drug-likeness (QED) is 0.147. The Morgan fingerprint density at radius 2 is 2.06 bits per heavy atom. The number of carbonyl (C=O) groups excluding carboxylic acids is 5. The van der Waals surface area contributed by atoms with Crippen LogP contribution in [0.15, 0.2) is 38.9 Å². The minimum atomic E-state index is -1.31. The van der Waals surface area contributed by atoms with Crippen molar-refractivity contribution in [2.24, 2.45) is 10.9 Å². The van der Waals surface area contributed by atoms with Gasteiger partial charge in [0.05, 0.1) is 6.26 Å². The van der Waals surface area contributed by atoms with Crippen molar-refractivity contribution in [2.75, 3.05) is 13.7 Å². The van der Waals surface area contributed by atoms with Crippen LogP contribution in [0.4, 0.5) is 4.79 Å². The number of β-lactam (4-membered cyclic amide) rings is 1. The number of oxime groups is 1. The van der Waals surface area contributed by atoms with Crippen molar-refractivity contribution in [3.05, 3.63) is 35.1 Å². The monoisotopic (exact) mass is 510 g/mol. The summed E-state index contributed by atoms with van der Waals surface area (Å²) in [6.45, 7) is 2.07. The first-order chi connectivity index (χ1) is 16.6. The maximum atomic E-state index is 13.0. The molecule has 1 saturated heterocycles. The van der Waals surface area contributed by atoms with Gasteiger partial charge in [-0.3, -0.25) is 14.4 Å². The molecule has 3 N–H and O–H groups in total. The zero-order valence-electron chi connectivity index (χ0n) is 18.8. The molecule has 1 fully saturated rings. The fourth-order valence-electron chi connectivity index (χ4n) is 3.37. The molecule has 0 spiro atoms. The number of carbonyl (C=O) groups is 5. The van der Waals surface area contributed by atoms with Crippen molar-refractivity contribution in [2.45, 2.75) is 37.6 Å². The highest BCUT2D eigenvalue weighted by Crippen LogP contribution is 2.40. The molecule has 0 aromatic carbocycles. The molecule has 0 aliphatic carbocycles. The van der Waals surface area contributed by atoms with Gasteiger partial charge in [0.2, 0.25) is 17.9 Å². The molecule has 4 atom stereocenters. The van der Waals surface area contributed by atoms with E-state index >= 15 is 0 Å². The lowest BCUT2D eigenvalue weighted by molar-refractivity contribution is -0.189. The molecule has 4 unspecified atom stereocenters. The fraction of sp³-hybridized carbons (Fsp3) is 0.400. The smallest absolute Gasteiger partial charge is 0.404 e. The SMILES string of the molecule is CO/N=C(/C(=O)NC1C(=O)N2C(C(=O)OC(C)OC(C)=O)C(COC(N)=O)=CSC12)c1ccco1. The minimum Gasteiger partial charge on any atom is -0.462 e. The number of hydrogen-bond acceptors (Lipinski definition) is 12. The van der Waals surface area contributed by atoms with E-state index in [4.69, 9.17) is 29.2 Å². The van der Waals surface area contributed by atoms with Gasteiger partial charge in [-0.05, 0) is 17.5 Å². The van der Waals surface area contributed by atoms with E-state index in [-0.39, 0.29) is 23.7 Å². The summed E-state index contributed by atoms with van der Waals surface area (Å²) in [5, 5.41) is 7.01. The Kier molecular flexibility index (Phi) is 8.01. The highest BCUT2D eigenvalue weighted by atomic mass is 32.2. The third-order valence-corrected chi connectivity index (χ3v) is 5.94. The van der Waals surface area contributed by atoms with Gasteiger partial charge in [-0.1, -0.05) is 5.16 Å². The lowest BCUT2D eigenvalue weighted by Crippen LogP contribution is -2.74. The molecule has 3 rings (SSSR count). The summed E-state index contributed by atoms with van der Waals surface area (Å²) >= 11 is 1.11. The molecular formula is C20H22N4O10S. The first-order valence-electron chi connectivity index (χ1n) is 10.1. The molecule has 15 heteroatoms. The van der Waals surface area contributed by atoms with Crippen LogP contribution < -0.4 is 11.1 Å². The van der Waals surface area contributed by atoms with E-state index in [2.05, 4.69) is 10.5 Å². The molecule has 2 aliphatic rings. The van der Waals surface area contributed by atoms with Crippen molar-refractivity contribution in [3.63, 3.8) is 0 Å². The summed E-state index contributed by atoms with van der Waals surface area (Å²) in [6, 6.07) is 0.706. The van der Waals surface area contributed by atoms with Crippen LogP contribution in [0.3, 0.4) is 0 Å². The molecule has 0 bridgehead atoms. The Morgan fingerprint density at radius 3 is 2.66 bits per heavy atom. The van der Waals surface area contributed by atoms with Gasteiger partial charge in [0.15, 0.2) is 11.8 Å². The van der Waals surface area contributed by atoms with E-state index < -0.39 is 53.6 Å². The second-order valence-electron chi connectivity index (χ2n) is 7.14. The van der Waals surface area contributed by atoms with Gasteiger partial charge in [-0.15, -0.1) is 11.8 Å². The number of esters is 2. The standard InChI is InChI=1S/C20H22N4O10S/c1-9(25)33-10(2)34-19(28)15-11(7-32-20(21)29)8-35-18-14(17(27)24(15)18)22-16(26)13(23-30-3)12-5-4-6-31-12/h4-6,8,10,14-15,18H,7H2,1-3H3,(H2,21,29)(H,22,26)/b23-13+. The zero-order chi connectivity index (χ0) is 25.7. The number of nitrogens with one attached hydrogen (secondary N) is 1. The predicted molar refractivity (Wildman–Crippen MR) is 117 cm³/mol. The Bertz CT molecular complexity index is 1070. The molecule has 2 aliphatic heterocycles. The predicted octanol–water partition coefficient (Wildman–Crippen LogP) is -0.170. The van der Waals surface area contributed by atoms with E-state index in [1.54, 1.807) is 6.07 Å². The molecule has 0 saturated carbocycles. The number of primary amides is 1. The van der Waals surface area contributed by atoms with Crippen molar-refractivity contribution in [3.8, 4) is 0 Å². The maximum absolute atomic E-state index is 13.0. The van der Waals surface area contributed by atoms with E-state index in [0.29, 0.717) is 0 Å². The van der Waals surface area contributed by atoms with Crippen LogP contribution in [0.5, 0.6) is 0 Å². The molecule has 14 nitrogen and oxygen atoms in total. The summed E-state index contributed by atoms with van der Waals surface area (Å²) in [5.41, 5.74) is 5.03. The van der Waals surface area contributed by atoms with E-state index in [9.17, 15) is 24.0 Å². The van der Waals surface area contributed by atoms with Gasteiger partial charge in [0, 0.05) is 19.4 Å². The van der Waals surface area contributed by atoms with Crippen LogP contribution >= 0.6 is 11.8 Å². The molecule has 3 amide bonds. The Hall–Kier alpha value is -4.01. The Morgan fingerprint density at radius 1 is 1.31 bits per heavy atom. The number of nitrogens with zero attached hydrogens (tertiary/aromatic N) is 2. The summed E-state index contributed by atoms with van der Waals surface area (Å²) in [4.78, 5) is 66.7. The number of nitrogens with two attached hydrogens (primary N) is 1. The van der Waals surface area contributed by atoms with Gasteiger partial charge in [-0.25, -0.2) is 9.59 Å². The molecular weight excluding hydrogens is 488 g/mol. The summed E-state index contributed by atoms with van der Waals surface area (Å²) in [6.07, 6.45) is -0.977. The minimum absolute atomic E-state index is 0.121. The van der Waals surface area contributed by atoms with Crippen molar-refractivity contribution < 1.29 is 47.4 Å². The highest BCUT2D eigenvalue weighted by Gasteiger charge is 2.56. The average molecular weight is 510 g/mol. The molecule has 1 aromatic rings. The third kappa shape index (κ3) is 5.74. The van der Waals surface area contributed by atoms with Crippen LogP contribution in [0.2, 0.25) is 0 Å². The first kappa shape index (κ1) is 25.6. The molecule has 0 radical (unpaired) electrons. The van der Waals surface area contributed by atoms with Gasteiger partial charge in [0.1, 0.15) is 25.1 Å². The number of rotatable bonds is 9. The maximum Gasteiger partial charge on any atom is 0.404 e. The lowest BCUT2D eigenvalue weighted by Gasteiger charge is -2.51. The number of fused-ring (bicyclic) bond motifs is 1. The van der Waals surface area contributed by atoms with Gasteiger partial charge < -0.3 is 39.4 Å². The Balaban J connectivity index is 1.79. The van der Waals surface area contributed by atoms with Crippen molar-refractivity contribution in [1.29, 1.82) is 0 Å². The first-order valence-corrected chi connectivity index (χ1v) is 11.0. The van der Waals surface area contributed by atoms with Gasteiger partial charge in [0.25, 0.3) is 5.91 Å². The lowest BCUT2D eigenvalue weighted by atomic mass is 9.98. The van der Waals surface area contributed by atoms with Crippen molar-refractivity contribution >= 4 is 47.3 Å². The zero-order valence-corrected chi connectivity index (χ0v) is 19.6. The fourth-order valence-corrected chi connectivity index (χ4v) is 4.58. The highest BCUT2D eigenvalue weighted by molar-refractivity contribution is 8.03. The van der Waals surface area contributed by atoms with E-state index in [1.165, 1.54) is 31.8 Å². The largest absolute Gasteiger partial charge is 0.462 e. The number of ether oxygens (including phenoxy) is 3.